The van der Waals surface area contributed by atoms with Gasteiger partial charge in [-0.2, -0.15) is 0 Å². The van der Waals surface area contributed by atoms with E-state index in [1.807, 2.05) is 54.6 Å². The largest absolute Gasteiger partial charge is 0.456 e. The van der Waals surface area contributed by atoms with Crippen LogP contribution in [0.15, 0.2) is 100 Å². The summed E-state index contributed by atoms with van der Waals surface area (Å²) >= 11 is 0. The van der Waals surface area contributed by atoms with Gasteiger partial charge in [0, 0.05) is 22.5 Å². The molecule has 0 atom stereocenters. The number of para-hydroxylation sites is 3. The molecule has 6 rings (SSSR count). The minimum Gasteiger partial charge on any atom is -0.456 e. The van der Waals surface area contributed by atoms with Crippen LogP contribution in [-0.4, -0.2) is 4.57 Å². The number of rotatable bonds is 1. The first-order valence-electron chi connectivity index (χ1n) is 9.25. The molecule has 28 heavy (non-hydrogen) atoms. The molecule has 3 heteroatoms. The van der Waals surface area contributed by atoms with E-state index in [-0.39, 0.29) is 5.43 Å². The number of aromatic nitrogens is 1. The fraction of sp³-hybridized carbons (Fsp3) is 0. The van der Waals surface area contributed by atoms with Crippen LogP contribution in [0, 0.1) is 0 Å². The summed E-state index contributed by atoms with van der Waals surface area (Å²) in [5.74, 6) is 0. The molecule has 4 aromatic carbocycles. The topological polar surface area (TPSA) is 35.1 Å². The van der Waals surface area contributed by atoms with Gasteiger partial charge in [0.25, 0.3) is 0 Å². The zero-order valence-corrected chi connectivity index (χ0v) is 14.9. The van der Waals surface area contributed by atoms with Crippen molar-refractivity contribution in [1.82, 2.24) is 4.57 Å². The second-order valence-electron chi connectivity index (χ2n) is 6.98. The van der Waals surface area contributed by atoms with E-state index in [1.165, 1.54) is 10.8 Å². The maximum atomic E-state index is 12.8. The summed E-state index contributed by atoms with van der Waals surface area (Å²) in [6.07, 6.45) is 0. The Morgan fingerprint density at radius 2 is 1.14 bits per heavy atom. The van der Waals surface area contributed by atoms with Crippen LogP contribution in [0.5, 0.6) is 0 Å². The molecule has 2 aromatic heterocycles. The summed E-state index contributed by atoms with van der Waals surface area (Å²) in [7, 11) is 0. The fourth-order valence-corrected chi connectivity index (χ4v) is 4.13. The fourth-order valence-electron chi connectivity index (χ4n) is 4.13. The summed E-state index contributed by atoms with van der Waals surface area (Å²) in [6, 6.07) is 29.9. The van der Waals surface area contributed by atoms with Crippen LogP contribution in [0.4, 0.5) is 0 Å². The third kappa shape index (κ3) is 2.01. The van der Waals surface area contributed by atoms with E-state index in [4.69, 9.17) is 4.42 Å². The van der Waals surface area contributed by atoms with Gasteiger partial charge >= 0.3 is 0 Å². The van der Waals surface area contributed by atoms with Crippen LogP contribution >= 0.6 is 0 Å². The molecule has 0 fully saturated rings. The standard InChI is InChI=1S/C25H15NO2/c27-25-19-9-3-6-12-23(19)28-24-15-16(13-14-20(24)25)26-21-10-4-1-7-17(21)18-8-2-5-11-22(18)26/h1-15H. The Morgan fingerprint density at radius 1 is 0.571 bits per heavy atom. The normalized spacial score (nSPS) is 11.7. The maximum Gasteiger partial charge on any atom is 0.200 e. The number of hydrogen-bond donors (Lipinski definition) is 0. The average molecular weight is 361 g/mol. The van der Waals surface area contributed by atoms with E-state index in [0.717, 1.165) is 16.7 Å². The number of hydrogen-bond acceptors (Lipinski definition) is 2. The van der Waals surface area contributed by atoms with Crippen molar-refractivity contribution in [3.8, 4) is 5.69 Å². The molecule has 0 N–H and O–H groups in total. The maximum absolute atomic E-state index is 12.8. The molecule has 0 unspecified atom stereocenters. The van der Waals surface area contributed by atoms with E-state index < -0.39 is 0 Å². The second kappa shape index (κ2) is 5.57. The molecule has 0 saturated heterocycles. The summed E-state index contributed by atoms with van der Waals surface area (Å²) in [4.78, 5) is 12.8. The molecular weight excluding hydrogens is 346 g/mol. The minimum absolute atomic E-state index is 0.00521. The van der Waals surface area contributed by atoms with Gasteiger partial charge in [-0.1, -0.05) is 48.5 Å². The minimum atomic E-state index is 0.00521. The van der Waals surface area contributed by atoms with Crippen LogP contribution in [0.25, 0.3) is 49.4 Å². The first-order chi connectivity index (χ1) is 13.8. The zero-order valence-electron chi connectivity index (χ0n) is 14.9. The first kappa shape index (κ1) is 15.2. The van der Waals surface area contributed by atoms with Crippen LogP contribution in [-0.2, 0) is 0 Å². The van der Waals surface area contributed by atoms with E-state index in [2.05, 4.69) is 41.0 Å². The smallest absolute Gasteiger partial charge is 0.200 e. The quantitative estimate of drug-likeness (QED) is 0.335. The number of fused-ring (bicyclic) bond motifs is 5. The highest BCUT2D eigenvalue weighted by Crippen LogP contribution is 2.32. The van der Waals surface area contributed by atoms with Crippen LogP contribution < -0.4 is 5.43 Å². The Labute approximate surface area is 160 Å². The van der Waals surface area contributed by atoms with Gasteiger partial charge in [0.1, 0.15) is 11.2 Å². The van der Waals surface area contributed by atoms with E-state index in [9.17, 15) is 4.79 Å². The van der Waals surface area contributed by atoms with Crippen molar-refractivity contribution in [2.24, 2.45) is 0 Å². The Kier molecular flexibility index (Phi) is 3.03. The Balaban J connectivity index is 1.73. The van der Waals surface area contributed by atoms with Gasteiger partial charge in [-0.25, -0.2) is 0 Å². The highest BCUT2D eigenvalue weighted by atomic mass is 16.3. The first-order valence-corrected chi connectivity index (χ1v) is 9.25. The molecule has 0 aliphatic heterocycles. The molecule has 3 nitrogen and oxygen atoms in total. The molecule has 0 bridgehead atoms. The molecule has 0 aliphatic carbocycles. The lowest BCUT2D eigenvalue weighted by Gasteiger charge is -2.09. The van der Waals surface area contributed by atoms with Crippen molar-refractivity contribution in [2.75, 3.05) is 0 Å². The van der Waals surface area contributed by atoms with Crippen molar-refractivity contribution in [3.05, 3.63) is 101 Å². The van der Waals surface area contributed by atoms with Crippen LogP contribution in [0.1, 0.15) is 0 Å². The van der Waals surface area contributed by atoms with Gasteiger partial charge in [-0.05, 0) is 36.4 Å². The van der Waals surface area contributed by atoms with Gasteiger partial charge in [0.15, 0.2) is 0 Å². The Hall–Kier alpha value is -3.85. The molecule has 0 amide bonds. The Morgan fingerprint density at radius 3 is 1.86 bits per heavy atom. The van der Waals surface area contributed by atoms with E-state index in [0.29, 0.717) is 21.9 Å². The molecule has 0 radical (unpaired) electrons. The molecule has 0 aliphatic rings. The SMILES string of the molecule is O=c1c2ccccc2oc2cc(-n3c4ccccc4c4ccccc43)ccc12. The zero-order chi connectivity index (χ0) is 18.7. The second-order valence-corrected chi connectivity index (χ2v) is 6.98. The lowest BCUT2D eigenvalue weighted by molar-refractivity contribution is 0.659. The van der Waals surface area contributed by atoms with E-state index >= 15 is 0 Å². The third-order valence-corrected chi connectivity index (χ3v) is 5.40. The van der Waals surface area contributed by atoms with Crippen molar-refractivity contribution in [1.29, 1.82) is 0 Å². The molecule has 2 heterocycles. The van der Waals surface area contributed by atoms with Gasteiger partial charge in [-0.15, -0.1) is 0 Å². The Bertz CT molecular complexity index is 1530. The molecule has 132 valence electrons. The third-order valence-electron chi connectivity index (χ3n) is 5.40. The van der Waals surface area contributed by atoms with Gasteiger partial charge in [0.2, 0.25) is 5.43 Å². The van der Waals surface area contributed by atoms with Crippen LogP contribution in [0.3, 0.4) is 0 Å². The van der Waals surface area contributed by atoms with Crippen molar-refractivity contribution >= 4 is 43.7 Å². The number of benzene rings is 4. The van der Waals surface area contributed by atoms with Crippen LogP contribution in [0.2, 0.25) is 0 Å². The van der Waals surface area contributed by atoms with Gasteiger partial charge < -0.3 is 8.98 Å². The van der Waals surface area contributed by atoms with E-state index in [1.54, 1.807) is 0 Å². The summed E-state index contributed by atoms with van der Waals surface area (Å²) in [5, 5.41) is 3.62. The lowest BCUT2D eigenvalue weighted by Crippen LogP contribution is -2.02. The molecule has 0 saturated carbocycles. The van der Waals surface area contributed by atoms with Gasteiger partial charge in [0.05, 0.1) is 21.8 Å². The molecule has 0 spiro atoms. The summed E-state index contributed by atoms with van der Waals surface area (Å²) in [5.41, 5.74) is 4.45. The highest BCUT2D eigenvalue weighted by molar-refractivity contribution is 6.09. The van der Waals surface area contributed by atoms with Crippen molar-refractivity contribution in [2.45, 2.75) is 0 Å². The predicted octanol–water partition coefficient (Wildman–Crippen LogP) is 6.04. The molecular formula is C25H15NO2. The summed E-state index contributed by atoms with van der Waals surface area (Å²) < 4.78 is 8.30. The predicted molar refractivity (Wildman–Crippen MR) is 114 cm³/mol. The summed E-state index contributed by atoms with van der Waals surface area (Å²) in [6.45, 7) is 0. The van der Waals surface area contributed by atoms with Gasteiger partial charge in [-0.3, -0.25) is 4.79 Å². The number of nitrogens with zero attached hydrogens (tertiary/aromatic N) is 1. The monoisotopic (exact) mass is 361 g/mol. The highest BCUT2D eigenvalue weighted by Gasteiger charge is 2.13. The average Bonchev–Trinajstić information content (AvgIpc) is 3.08. The van der Waals surface area contributed by atoms with Crippen molar-refractivity contribution in [3.63, 3.8) is 0 Å². The van der Waals surface area contributed by atoms with Crippen molar-refractivity contribution < 1.29 is 4.42 Å². The lowest BCUT2D eigenvalue weighted by atomic mass is 10.1. The molecule has 6 aromatic rings.